The predicted octanol–water partition coefficient (Wildman–Crippen LogP) is 7.18. The van der Waals surface area contributed by atoms with Gasteiger partial charge in [0.1, 0.15) is 12.2 Å². The van der Waals surface area contributed by atoms with Crippen LogP contribution in [0.1, 0.15) is 72.1 Å². The van der Waals surface area contributed by atoms with Gasteiger partial charge in [-0.15, -0.1) is 0 Å². The van der Waals surface area contributed by atoms with E-state index in [0.29, 0.717) is 12.3 Å². The SMILES string of the molecule is C=NN(C=N)c1ccc(OCCC2CC2)c(F)c1.C\C=C(/C=N\C(=C\CC)N1CCCCC1)CC. The number of nitrogens with one attached hydrogen (secondary N) is 1. The number of piperidine rings is 1. The molecule has 0 aromatic heterocycles. The average molecular weight is 484 g/mol. The predicted molar refractivity (Wildman–Crippen MR) is 146 cm³/mol. The lowest BCUT2D eigenvalue weighted by Crippen LogP contribution is -2.28. The highest BCUT2D eigenvalue weighted by atomic mass is 19.1. The summed E-state index contributed by atoms with van der Waals surface area (Å²) in [6.45, 7) is 12.6. The second-order valence-electron chi connectivity index (χ2n) is 8.80. The fourth-order valence-corrected chi connectivity index (χ4v) is 3.78. The Bertz CT molecular complexity index is 877. The van der Waals surface area contributed by atoms with Crippen molar-refractivity contribution >= 4 is 25.0 Å². The highest BCUT2D eigenvalue weighted by Crippen LogP contribution is 2.32. The fourth-order valence-electron chi connectivity index (χ4n) is 3.78. The lowest BCUT2D eigenvalue weighted by atomic mass is 10.1. The minimum Gasteiger partial charge on any atom is -0.491 e. The van der Waals surface area contributed by atoms with Crippen molar-refractivity contribution in [3.05, 3.63) is 47.6 Å². The van der Waals surface area contributed by atoms with E-state index in [-0.39, 0.29) is 5.75 Å². The maximum Gasteiger partial charge on any atom is 0.167 e. The third-order valence-corrected chi connectivity index (χ3v) is 6.14. The Balaban J connectivity index is 0.000000247. The Morgan fingerprint density at radius 3 is 2.54 bits per heavy atom. The van der Waals surface area contributed by atoms with Crippen molar-refractivity contribution in [3.8, 4) is 5.75 Å². The third-order valence-electron chi connectivity index (χ3n) is 6.14. The summed E-state index contributed by atoms with van der Waals surface area (Å²) < 4.78 is 19.1. The van der Waals surface area contributed by atoms with Gasteiger partial charge in [0.05, 0.1) is 12.3 Å². The monoisotopic (exact) mass is 483 g/mol. The number of nitrogens with zero attached hydrogens (tertiary/aromatic N) is 4. The van der Waals surface area contributed by atoms with Crippen LogP contribution in [0.25, 0.3) is 0 Å². The Labute approximate surface area is 210 Å². The zero-order valence-corrected chi connectivity index (χ0v) is 21.7. The number of hydrazone groups is 1. The zero-order valence-electron chi connectivity index (χ0n) is 21.7. The van der Waals surface area contributed by atoms with Crippen molar-refractivity contribution in [3.63, 3.8) is 0 Å². The lowest BCUT2D eigenvalue weighted by molar-refractivity contribution is 0.282. The standard InChI is InChI=1S/C15H26N2.C13H16FN3O/c1-4-10-15(16-13-14(5-2)6-3)17-11-8-7-9-12-17;1-16-17(9-15)11-4-5-13(12(14)8-11)18-7-6-10-2-3-10/h5,10,13H,4,6-9,11-12H2,1-3H3;4-5,8-10,15H,1-3,6-7H2/b14-5-,15-10-,16-13-;. The van der Waals surface area contributed by atoms with Crippen molar-refractivity contribution < 1.29 is 9.13 Å². The first-order valence-corrected chi connectivity index (χ1v) is 12.9. The van der Waals surface area contributed by atoms with Gasteiger partial charge in [0, 0.05) is 32.1 Å². The van der Waals surface area contributed by atoms with Gasteiger partial charge in [-0.3, -0.25) is 5.41 Å². The van der Waals surface area contributed by atoms with Crippen LogP contribution in [0.2, 0.25) is 0 Å². The second kappa shape index (κ2) is 15.8. The van der Waals surface area contributed by atoms with Crippen molar-refractivity contribution in [2.75, 3.05) is 24.7 Å². The maximum absolute atomic E-state index is 13.7. The van der Waals surface area contributed by atoms with Crippen LogP contribution in [0.4, 0.5) is 10.1 Å². The van der Waals surface area contributed by atoms with E-state index in [1.54, 1.807) is 12.1 Å². The van der Waals surface area contributed by atoms with Crippen LogP contribution in [0.5, 0.6) is 5.75 Å². The summed E-state index contributed by atoms with van der Waals surface area (Å²) in [4.78, 5) is 7.10. The van der Waals surface area contributed by atoms with E-state index in [1.165, 1.54) is 67.7 Å². The zero-order chi connectivity index (χ0) is 25.5. The van der Waals surface area contributed by atoms with Gasteiger partial charge in [0.25, 0.3) is 0 Å². The van der Waals surface area contributed by atoms with E-state index in [0.717, 1.165) is 31.5 Å². The summed E-state index contributed by atoms with van der Waals surface area (Å²) in [6, 6.07) is 4.49. The fraction of sp³-hybridized carbons (Fsp3) is 0.536. The van der Waals surface area contributed by atoms with E-state index >= 15 is 0 Å². The van der Waals surface area contributed by atoms with Crippen LogP contribution in [-0.2, 0) is 0 Å². The first-order valence-electron chi connectivity index (χ1n) is 12.9. The molecule has 0 radical (unpaired) electrons. The minimum absolute atomic E-state index is 0.244. The summed E-state index contributed by atoms with van der Waals surface area (Å²) in [7, 11) is 0. The maximum atomic E-state index is 13.7. The number of hydrogen-bond acceptors (Lipinski definition) is 5. The molecule has 1 aliphatic carbocycles. The number of rotatable bonds is 12. The van der Waals surface area contributed by atoms with Crippen LogP contribution in [0.3, 0.4) is 0 Å². The van der Waals surface area contributed by atoms with Gasteiger partial charge in [-0.2, -0.15) is 5.10 Å². The van der Waals surface area contributed by atoms with Crippen LogP contribution < -0.4 is 9.75 Å². The van der Waals surface area contributed by atoms with E-state index < -0.39 is 5.82 Å². The lowest BCUT2D eigenvalue weighted by Gasteiger charge is -2.28. The normalized spacial score (nSPS) is 16.5. The Hall–Kier alpha value is -2.96. The van der Waals surface area contributed by atoms with Crippen molar-refractivity contribution in [2.45, 2.75) is 72.1 Å². The van der Waals surface area contributed by atoms with Crippen molar-refractivity contribution in [1.29, 1.82) is 5.41 Å². The largest absolute Gasteiger partial charge is 0.491 e. The first kappa shape index (κ1) is 28.3. The number of hydrogen-bond donors (Lipinski definition) is 1. The number of anilines is 1. The number of benzene rings is 1. The van der Waals surface area contributed by atoms with Crippen LogP contribution in [-0.4, -0.2) is 43.9 Å². The van der Waals surface area contributed by atoms with E-state index in [4.69, 9.17) is 10.1 Å². The highest BCUT2D eigenvalue weighted by molar-refractivity contribution is 5.79. The quantitative estimate of drug-likeness (QED) is 0.194. The molecule has 1 saturated heterocycles. The molecule has 1 aromatic rings. The molecule has 7 heteroatoms. The molecule has 1 aromatic carbocycles. The molecular weight excluding hydrogens is 441 g/mol. The third kappa shape index (κ3) is 10.0. The van der Waals surface area contributed by atoms with E-state index in [1.807, 2.05) is 6.21 Å². The molecule has 0 unspecified atom stereocenters. The van der Waals surface area contributed by atoms with Gasteiger partial charge in [-0.25, -0.2) is 14.4 Å². The van der Waals surface area contributed by atoms with Crippen molar-refractivity contribution in [1.82, 2.24) is 4.90 Å². The summed E-state index contributed by atoms with van der Waals surface area (Å²) in [5.74, 6) is 1.73. The molecule has 1 N–H and O–H groups in total. The number of halogens is 1. The molecule has 1 aliphatic heterocycles. The van der Waals surface area contributed by atoms with Gasteiger partial charge in [-0.1, -0.05) is 32.8 Å². The molecule has 1 heterocycles. The molecule has 1 saturated carbocycles. The highest BCUT2D eigenvalue weighted by Gasteiger charge is 2.21. The van der Waals surface area contributed by atoms with E-state index in [2.05, 4.69) is 54.6 Å². The molecular formula is C28H42FN5O. The summed E-state index contributed by atoms with van der Waals surface area (Å²) in [6.07, 6.45) is 17.0. The molecule has 3 rings (SSSR count). The molecule has 0 atom stereocenters. The Kier molecular flexibility index (Phi) is 12.8. The molecule has 6 nitrogen and oxygen atoms in total. The van der Waals surface area contributed by atoms with Crippen LogP contribution >= 0.6 is 0 Å². The molecule has 2 aliphatic rings. The second-order valence-corrected chi connectivity index (χ2v) is 8.80. The van der Waals surface area contributed by atoms with Gasteiger partial charge in [0.2, 0.25) is 0 Å². The average Bonchev–Trinajstić information content (AvgIpc) is 3.71. The summed E-state index contributed by atoms with van der Waals surface area (Å²) in [5.41, 5.74) is 1.76. The molecule has 192 valence electrons. The van der Waals surface area contributed by atoms with Crippen LogP contribution in [0.15, 0.2) is 51.8 Å². The number of aliphatic imine (C=N–C) groups is 1. The van der Waals surface area contributed by atoms with Gasteiger partial charge in [-0.05, 0) is 75.1 Å². The minimum atomic E-state index is -0.446. The summed E-state index contributed by atoms with van der Waals surface area (Å²) in [5, 5.41) is 11.9. The summed E-state index contributed by atoms with van der Waals surface area (Å²) >= 11 is 0. The molecule has 0 bridgehead atoms. The van der Waals surface area contributed by atoms with Gasteiger partial charge < -0.3 is 9.64 Å². The molecule has 2 fully saturated rings. The van der Waals surface area contributed by atoms with Gasteiger partial charge >= 0.3 is 0 Å². The van der Waals surface area contributed by atoms with Crippen molar-refractivity contribution in [2.24, 2.45) is 16.0 Å². The number of allylic oxidation sites excluding steroid dienone is 3. The first-order chi connectivity index (χ1) is 17.1. The molecule has 35 heavy (non-hydrogen) atoms. The smallest absolute Gasteiger partial charge is 0.167 e. The Morgan fingerprint density at radius 2 is 2.00 bits per heavy atom. The van der Waals surface area contributed by atoms with E-state index in [9.17, 15) is 4.39 Å². The Morgan fingerprint density at radius 1 is 1.26 bits per heavy atom. The molecule has 0 spiro atoms. The topological polar surface area (TPSA) is 64.3 Å². The van der Waals surface area contributed by atoms with Gasteiger partial charge in [0.15, 0.2) is 11.6 Å². The molecule has 0 amide bonds. The van der Waals surface area contributed by atoms with Crippen LogP contribution in [0, 0.1) is 17.1 Å². The number of likely N-dealkylation sites (tertiary alicyclic amines) is 1. The number of ether oxygens (including phenoxy) is 1.